The van der Waals surface area contributed by atoms with Crippen LogP contribution in [0.1, 0.15) is 48.5 Å². The number of carbonyl (C=O) groups excluding carboxylic acids is 1. The second-order valence-corrected chi connectivity index (χ2v) is 5.01. The first kappa shape index (κ1) is 17.6. The molecule has 0 spiro atoms. The Labute approximate surface area is 121 Å². The molecule has 0 aliphatic carbocycles. The van der Waals surface area contributed by atoms with Gasteiger partial charge in [0.15, 0.2) is 5.78 Å². The van der Waals surface area contributed by atoms with Crippen LogP contribution in [-0.2, 0) is 6.18 Å². The molecule has 118 valence electrons. The minimum atomic E-state index is -4.80. The van der Waals surface area contributed by atoms with Crippen molar-refractivity contribution in [2.24, 2.45) is 11.7 Å². The predicted molar refractivity (Wildman–Crippen MR) is 72.4 cm³/mol. The van der Waals surface area contributed by atoms with Crippen molar-refractivity contribution in [2.45, 2.75) is 38.8 Å². The Balaban J connectivity index is 2.79. The van der Waals surface area contributed by atoms with Gasteiger partial charge in [0.2, 0.25) is 0 Å². The fourth-order valence-electron chi connectivity index (χ4n) is 2.18. The van der Waals surface area contributed by atoms with E-state index in [2.05, 4.69) is 0 Å². The summed E-state index contributed by atoms with van der Waals surface area (Å²) in [7, 11) is 0. The van der Waals surface area contributed by atoms with E-state index in [0.717, 1.165) is 18.9 Å². The van der Waals surface area contributed by atoms with Gasteiger partial charge in [-0.15, -0.1) is 0 Å². The fourth-order valence-corrected chi connectivity index (χ4v) is 2.18. The average Bonchev–Trinajstić information content (AvgIpc) is 2.42. The summed E-state index contributed by atoms with van der Waals surface area (Å²) in [5.41, 5.74) is 3.95. The van der Waals surface area contributed by atoms with Crippen molar-refractivity contribution in [3.63, 3.8) is 0 Å². The summed E-state index contributed by atoms with van der Waals surface area (Å²) in [6.07, 6.45) is -2.44. The highest BCUT2D eigenvalue weighted by Gasteiger charge is 2.34. The van der Waals surface area contributed by atoms with Crippen LogP contribution in [0.4, 0.5) is 17.6 Å². The van der Waals surface area contributed by atoms with E-state index in [0.29, 0.717) is 25.1 Å². The highest BCUT2D eigenvalue weighted by Crippen LogP contribution is 2.32. The molecule has 0 radical (unpaired) electrons. The molecule has 2 nitrogen and oxygen atoms in total. The number of hydrogen-bond acceptors (Lipinski definition) is 2. The SMILES string of the molecule is CCC(CCN)CCC(=O)c1ccc(F)c(C(F)(F)F)c1. The molecule has 0 aromatic heterocycles. The van der Waals surface area contributed by atoms with E-state index in [1.807, 2.05) is 6.92 Å². The van der Waals surface area contributed by atoms with E-state index in [1.54, 1.807) is 0 Å². The molecule has 0 heterocycles. The molecule has 0 aliphatic heterocycles. The summed E-state index contributed by atoms with van der Waals surface area (Å²) in [6.45, 7) is 2.49. The lowest BCUT2D eigenvalue weighted by Crippen LogP contribution is -2.12. The van der Waals surface area contributed by atoms with Crippen LogP contribution in [0.2, 0.25) is 0 Å². The van der Waals surface area contributed by atoms with E-state index >= 15 is 0 Å². The molecule has 21 heavy (non-hydrogen) atoms. The Bertz CT molecular complexity index is 485. The van der Waals surface area contributed by atoms with Gasteiger partial charge >= 0.3 is 6.18 Å². The Morgan fingerprint density at radius 1 is 1.29 bits per heavy atom. The summed E-state index contributed by atoms with van der Waals surface area (Å²) in [5.74, 6) is -1.49. The highest BCUT2D eigenvalue weighted by atomic mass is 19.4. The lowest BCUT2D eigenvalue weighted by atomic mass is 9.93. The van der Waals surface area contributed by atoms with E-state index < -0.39 is 23.3 Å². The van der Waals surface area contributed by atoms with Crippen molar-refractivity contribution in [3.8, 4) is 0 Å². The third-order valence-electron chi connectivity index (χ3n) is 3.53. The van der Waals surface area contributed by atoms with E-state index in [-0.39, 0.29) is 17.9 Å². The smallest absolute Gasteiger partial charge is 0.330 e. The third kappa shape index (κ3) is 5.12. The zero-order chi connectivity index (χ0) is 16.0. The fraction of sp³-hybridized carbons (Fsp3) is 0.533. The van der Waals surface area contributed by atoms with Crippen LogP contribution in [0, 0.1) is 11.7 Å². The molecule has 0 fully saturated rings. The number of carbonyl (C=O) groups is 1. The Kier molecular flexibility index (Phi) is 6.33. The Hall–Kier alpha value is -1.43. The van der Waals surface area contributed by atoms with Gasteiger partial charge in [-0.2, -0.15) is 13.2 Å². The first-order chi connectivity index (χ1) is 9.79. The number of halogens is 4. The van der Waals surface area contributed by atoms with Gasteiger partial charge in [-0.25, -0.2) is 4.39 Å². The van der Waals surface area contributed by atoms with Gasteiger partial charge in [-0.05, 0) is 43.5 Å². The average molecular weight is 305 g/mol. The molecule has 0 amide bonds. The molecule has 1 unspecified atom stereocenters. The standard InChI is InChI=1S/C15H19F4NO/c1-2-10(7-8-20)3-6-14(21)11-4-5-13(16)12(9-11)15(17,18)19/h4-5,9-10H,2-3,6-8,20H2,1H3. The van der Waals surface area contributed by atoms with Crippen LogP contribution in [0.3, 0.4) is 0 Å². The summed E-state index contributed by atoms with van der Waals surface area (Å²) in [6, 6.07) is 2.37. The summed E-state index contributed by atoms with van der Waals surface area (Å²) in [5, 5.41) is 0. The van der Waals surface area contributed by atoms with Crippen LogP contribution in [-0.4, -0.2) is 12.3 Å². The molecule has 2 N–H and O–H groups in total. The monoisotopic (exact) mass is 305 g/mol. The Morgan fingerprint density at radius 3 is 2.48 bits per heavy atom. The molecular weight excluding hydrogens is 286 g/mol. The number of alkyl halides is 3. The predicted octanol–water partition coefficient (Wildman–Crippen LogP) is 4.18. The molecule has 1 atom stereocenters. The minimum absolute atomic E-state index is 0.105. The third-order valence-corrected chi connectivity index (χ3v) is 3.53. The largest absolute Gasteiger partial charge is 0.419 e. The highest BCUT2D eigenvalue weighted by molar-refractivity contribution is 5.96. The van der Waals surface area contributed by atoms with Gasteiger partial charge in [0.05, 0.1) is 5.56 Å². The minimum Gasteiger partial charge on any atom is -0.330 e. The quantitative estimate of drug-likeness (QED) is 0.606. The van der Waals surface area contributed by atoms with E-state index in [9.17, 15) is 22.4 Å². The topological polar surface area (TPSA) is 43.1 Å². The van der Waals surface area contributed by atoms with Crippen LogP contribution in [0.15, 0.2) is 18.2 Å². The Morgan fingerprint density at radius 2 is 1.95 bits per heavy atom. The molecule has 0 saturated heterocycles. The van der Waals surface area contributed by atoms with Crippen LogP contribution in [0.5, 0.6) is 0 Å². The van der Waals surface area contributed by atoms with Gasteiger partial charge in [-0.3, -0.25) is 4.79 Å². The molecule has 1 aromatic carbocycles. The number of Topliss-reactive ketones (excluding diaryl/α,β-unsaturated/α-hetero) is 1. The van der Waals surface area contributed by atoms with Crippen LogP contribution in [0.25, 0.3) is 0 Å². The van der Waals surface area contributed by atoms with Gasteiger partial charge in [0.1, 0.15) is 5.82 Å². The molecule has 0 aliphatic rings. The van der Waals surface area contributed by atoms with Crippen molar-refractivity contribution in [1.82, 2.24) is 0 Å². The van der Waals surface area contributed by atoms with Crippen molar-refractivity contribution >= 4 is 5.78 Å². The van der Waals surface area contributed by atoms with E-state index in [4.69, 9.17) is 5.73 Å². The van der Waals surface area contributed by atoms with Gasteiger partial charge in [0, 0.05) is 12.0 Å². The molecule has 1 aromatic rings. The van der Waals surface area contributed by atoms with Crippen molar-refractivity contribution < 1.29 is 22.4 Å². The molecule has 0 saturated carbocycles. The van der Waals surface area contributed by atoms with Gasteiger partial charge < -0.3 is 5.73 Å². The number of nitrogens with two attached hydrogens (primary N) is 1. The maximum atomic E-state index is 13.2. The molecule has 6 heteroatoms. The summed E-state index contributed by atoms with van der Waals surface area (Å²) >= 11 is 0. The van der Waals surface area contributed by atoms with Gasteiger partial charge in [-0.1, -0.05) is 13.3 Å². The number of ketones is 1. The normalized spacial score (nSPS) is 13.2. The zero-order valence-electron chi connectivity index (χ0n) is 11.8. The lowest BCUT2D eigenvalue weighted by Gasteiger charge is -2.13. The van der Waals surface area contributed by atoms with Crippen molar-refractivity contribution in [2.75, 3.05) is 6.54 Å². The second-order valence-electron chi connectivity index (χ2n) is 5.01. The van der Waals surface area contributed by atoms with E-state index in [1.165, 1.54) is 0 Å². The number of benzene rings is 1. The van der Waals surface area contributed by atoms with Crippen molar-refractivity contribution in [3.05, 3.63) is 35.1 Å². The number of rotatable bonds is 7. The molecule has 0 bridgehead atoms. The van der Waals surface area contributed by atoms with Crippen molar-refractivity contribution in [1.29, 1.82) is 0 Å². The maximum absolute atomic E-state index is 13.2. The summed E-state index contributed by atoms with van der Waals surface area (Å²) in [4.78, 5) is 11.9. The molecular formula is C15H19F4NO. The molecule has 1 rings (SSSR count). The van der Waals surface area contributed by atoms with Crippen LogP contribution < -0.4 is 5.73 Å². The second kappa shape index (κ2) is 7.54. The maximum Gasteiger partial charge on any atom is 0.419 e. The van der Waals surface area contributed by atoms with Gasteiger partial charge in [0.25, 0.3) is 0 Å². The summed E-state index contributed by atoms with van der Waals surface area (Å²) < 4.78 is 50.9. The lowest BCUT2D eigenvalue weighted by molar-refractivity contribution is -0.140. The first-order valence-electron chi connectivity index (χ1n) is 6.89. The first-order valence-corrected chi connectivity index (χ1v) is 6.89. The number of hydrogen-bond donors (Lipinski definition) is 1. The van der Waals surface area contributed by atoms with Crippen LogP contribution >= 0.6 is 0 Å². The zero-order valence-corrected chi connectivity index (χ0v) is 11.8.